The molecule has 0 aliphatic heterocycles. The molecule has 5 rings (SSSR count). The molecule has 6 N–H and O–H groups in total. The Hall–Kier alpha value is -3.98. The zero-order valence-electron chi connectivity index (χ0n) is 16.2. The van der Waals surface area contributed by atoms with Gasteiger partial charge in [0.2, 0.25) is 0 Å². The highest BCUT2D eigenvalue weighted by Gasteiger charge is 1.95. The Morgan fingerprint density at radius 3 is 1.81 bits per heavy atom. The van der Waals surface area contributed by atoms with Crippen molar-refractivity contribution in [1.82, 2.24) is 19.9 Å². The number of para-hydroxylation sites is 4. The maximum atomic E-state index is 10.9. The van der Waals surface area contributed by atoms with Crippen molar-refractivity contribution < 1.29 is 0 Å². The van der Waals surface area contributed by atoms with Crippen molar-refractivity contribution in [3.05, 3.63) is 104 Å². The number of nitrogens with one attached hydrogen (secondary N) is 2. The normalized spacial score (nSPS) is 9.97. The lowest BCUT2D eigenvalue weighted by Gasteiger charge is -1.95. The van der Waals surface area contributed by atoms with E-state index in [1.165, 1.54) is 12.4 Å². The zero-order valence-corrected chi connectivity index (χ0v) is 17.8. The minimum atomic E-state index is -0.180. The van der Waals surface area contributed by atoms with Gasteiger partial charge in [-0.2, -0.15) is 0 Å². The number of rotatable bonds is 0. The molecule has 9 heteroatoms. The summed E-state index contributed by atoms with van der Waals surface area (Å²) in [6.45, 7) is 0. The summed E-state index contributed by atoms with van der Waals surface area (Å²) in [5.74, 6) is 0. The van der Waals surface area contributed by atoms with Crippen molar-refractivity contribution in [3.63, 3.8) is 0 Å². The number of fused-ring (bicyclic) bond motifs is 2. The van der Waals surface area contributed by atoms with E-state index in [4.69, 9.17) is 11.5 Å². The Morgan fingerprint density at radius 2 is 1.19 bits per heavy atom. The summed E-state index contributed by atoms with van der Waals surface area (Å²) in [6, 6.07) is 20.2. The number of nitrogens with two attached hydrogens (primary N) is 2. The largest absolute Gasteiger partial charge is 0.397 e. The topological polar surface area (TPSA) is 144 Å². The van der Waals surface area contributed by atoms with Crippen molar-refractivity contribution in [1.29, 1.82) is 0 Å². The predicted octanol–water partition coefficient (Wildman–Crippen LogP) is 3.46. The first kappa shape index (κ1) is 21.7. The molecule has 0 fully saturated rings. The number of hydrogen-bond acceptors (Lipinski definition) is 6. The van der Waals surface area contributed by atoms with E-state index in [2.05, 4.69) is 35.9 Å². The van der Waals surface area contributed by atoms with Crippen LogP contribution < -0.4 is 22.6 Å². The van der Waals surface area contributed by atoms with Gasteiger partial charge in [-0.05, 0) is 42.5 Å². The van der Waals surface area contributed by atoms with Crippen LogP contribution >= 0.6 is 15.9 Å². The molecule has 0 spiro atoms. The van der Waals surface area contributed by atoms with Gasteiger partial charge in [0.25, 0.3) is 11.1 Å². The van der Waals surface area contributed by atoms with E-state index in [9.17, 15) is 9.59 Å². The summed E-state index contributed by atoms with van der Waals surface area (Å²) in [7, 11) is 0. The van der Waals surface area contributed by atoms with Crippen LogP contribution in [0.2, 0.25) is 0 Å². The first-order valence-corrected chi connectivity index (χ1v) is 9.90. The lowest BCUT2D eigenvalue weighted by Crippen LogP contribution is -2.04. The van der Waals surface area contributed by atoms with Gasteiger partial charge in [-0.15, -0.1) is 0 Å². The van der Waals surface area contributed by atoms with Gasteiger partial charge in [0.1, 0.15) is 0 Å². The molecule has 0 aliphatic carbocycles. The van der Waals surface area contributed by atoms with E-state index in [0.29, 0.717) is 11.4 Å². The Kier molecular flexibility index (Phi) is 7.13. The van der Waals surface area contributed by atoms with E-state index < -0.39 is 0 Å². The highest BCUT2D eigenvalue weighted by molar-refractivity contribution is 9.10. The fourth-order valence-electron chi connectivity index (χ4n) is 2.51. The van der Waals surface area contributed by atoms with E-state index >= 15 is 0 Å². The molecule has 0 bridgehead atoms. The van der Waals surface area contributed by atoms with Crippen molar-refractivity contribution in [2.75, 3.05) is 11.5 Å². The van der Waals surface area contributed by atoms with Gasteiger partial charge in [-0.3, -0.25) is 9.59 Å². The predicted molar refractivity (Wildman–Crippen MR) is 128 cm³/mol. The van der Waals surface area contributed by atoms with E-state index in [0.717, 1.165) is 26.5 Å². The number of benzene rings is 3. The number of anilines is 2. The van der Waals surface area contributed by atoms with Crippen LogP contribution in [0, 0.1) is 0 Å². The van der Waals surface area contributed by atoms with Crippen LogP contribution in [0.25, 0.3) is 22.1 Å². The molecule has 156 valence electrons. The molecule has 0 saturated carbocycles. The monoisotopic (exact) mass is 478 g/mol. The summed E-state index contributed by atoms with van der Waals surface area (Å²) in [5, 5.41) is 0. The third-order valence-electron chi connectivity index (χ3n) is 4.02. The molecular formula is C22H19BrN6O2. The maximum absolute atomic E-state index is 10.9. The molecule has 5 aromatic rings. The van der Waals surface area contributed by atoms with Crippen LogP contribution in [0.4, 0.5) is 11.4 Å². The van der Waals surface area contributed by atoms with E-state index in [-0.39, 0.29) is 11.1 Å². The molecule has 2 aromatic heterocycles. The summed E-state index contributed by atoms with van der Waals surface area (Å²) >= 11 is 3.31. The molecule has 2 heterocycles. The Bertz CT molecular complexity index is 1410. The SMILES string of the molecule is Nc1ccccc1N.O=c1cnc2ccc(Br)cc2[nH]1.O=c1cnc2ccccc2[nH]1. The van der Waals surface area contributed by atoms with Gasteiger partial charge in [0.05, 0.1) is 45.8 Å². The van der Waals surface area contributed by atoms with Gasteiger partial charge in [0.15, 0.2) is 0 Å². The minimum Gasteiger partial charge on any atom is -0.397 e. The second-order valence-electron chi connectivity index (χ2n) is 6.30. The Labute approximate surface area is 185 Å². The molecule has 31 heavy (non-hydrogen) atoms. The smallest absolute Gasteiger partial charge is 0.266 e. The number of hydrogen-bond donors (Lipinski definition) is 4. The van der Waals surface area contributed by atoms with Crippen molar-refractivity contribution in [2.24, 2.45) is 0 Å². The van der Waals surface area contributed by atoms with E-state index in [1.807, 2.05) is 54.6 Å². The van der Waals surface area contributed by atoms with Gasteiger partial charge in [-0.25, -0.2) is 9.97 Å². The highest BCUT2D eigenvalue weighted by atomic mass is 79.9. The lowest BCUT2D eigenvalue weighted by atomic mass is 10.3. The molecule has 0 radical (unpaired) electrons. The molecule has 0 atom stereocenters. The number of nitrogen functional groups attached to an aromatic ring is 2. The second kappa shape index (κ2) is 10.2. The maximum Gasteiger partial charge on any atom is 0.266 e. The first-order chi connectivity index (χ1) is 14.9. The standard InChI is InChI=1S/C8H5BrN2O.C8H6N2O.C6H8N2/c9-5-1-2-6-7(3-5)11-8(12)4-10-6;11-8-5-9-6-3-1-2-4-7(6)10-8;7-5-3-1-2-4-6(5)8/h1-4H,(H,11,12);1-5H,(H,10,11);1-4H,7-8H2. The fraction of sp³-hybridized carbons (Fsp3) is 0. The van der Waals surface area contributed by atoms with Crippen LogP contribution in [0.15, 0.2) is 93.2 Å². The average molecular weight is 479 g/mol. The Morgan fingerprint density at radius 1 is 0.677 bits per heavy atom. The second-order valence-corrected chi connectivity index (χ2v) is 7.22. The molecule has 0 saturated heterocycles. The number of H-pyrrole nitrogens is 2. The summed E-state index contributed by atoms with van der Waals surface area (Å²) < 4.78 is 0.929. The van der Waals surface area contributed by atoms with Gasteiger partial charge >= 0.3 is 0 Å². The summed E-state index contributed by atoms with van der Waals surface area (Å²) in [6.07, 6.45) is 2.55. The first-order valence-electron chi connectivity index (χ1n) is 9.11. The van der Waals surface area contributed by atoms with Crippen LogP contribution in [-0.2, 0) is 0 Å². The van der Waals surface area contributed by atoms with Crippen molar-refractivity contribution in [2.45, 2.75) is 0 Å². The quantitative estimate of drug-likeness (QED) is 0.251. The summed E-state index contributed by atoms with van der Waals surface area (Å²) in [4.78, 5) is 34.9. The molecular weight excluding hydrogens is 460 g/mol. The van der Waals surface area contributed by atoms with Crippen molar-refractivity contribution >= 4 is 49.4 Å². The molecule has 0 aliphatic rings. The number of aromatic amines is 2. The van der Waals surface area contributed by atoms with Gasteiger partial charge < -0.3 is 21.4 Å². The third kappa shape index (κ3) is 6.25. The summed E-state index contributed by atoms with van der Waals surface area (Å²) in [5.41, 5.74) is 14.9. The lowest BCUT2D eigenvalue weighted by molar-refractivity contribution is 1.22. The highest BCUT2D eigenvalue weighted by Crippen LogP contribution is 2.14. The Balaban J connectivity index is 0.000000135. The molecule has 0 unspecified atom stereocenters. The minimum absolute atomic E-state index is 0.163. The third-order valence-corrected chi connectivity index (χ3v) is 4.51. The van der Waals surface area contributed by atoms with Gasteiger partial charge in [0, 0.05) is 4.47 Å². The fourth-order valence-corrected chi connectivity index (χ4v) is 2.87. The van der Waals surface area contributed by atoms with Crippen molar-refractivity contribution in [3.8, 4) is 0 Å². The van der Waals surface area contributed by atoms with Crippen LogP contribution in [0.3, 0.4) is 0 Å². The molecule has 0 amide bonds. The van der Waals surface area contributed by atoms with Crippen LogP contribution in [-0.4, -0.2) is 19.9 Å². The average Bonchev–Trinajstić information content (AvgIpc) is 2.76. The number of nitrogens with zero attached hydrogens (tertiary/aromatic N) is 2. The molecule has 3 aromatic carbocycles. The zero-order chi connectivity index (χ0) is 22.2. The van der Waals surface area contributed by atoms with Gasteiger partial charge in [-0.1, -0.05) is 40.2 Å². The molecule has 8 nitrogen and oxygen atoms in total. The number of aromatic nitrogens is 4. The van der Waals surface area contributed by atoms with E-state index in [1.54, 1.807) is 12.1 Å². The van der Waals surface area contributed by atoms with Crippen LogP contribution in [0.5, 0.6) is 0 Å². The number of halogens is 1. The van der Waals surface area contributed by atoms with Crippen LogP contribution in [0.1, 0.15) is 0 Å².